The summed E-state index contributed by atoms with van der Waals surface area (Å²) in [5.74, 6) is -0.0667. The Kier molecular flexibility index (Phi) is 4.61. The van der Waals surface area contributed by atoms with Crippen molar-refractivity contribution in [2.24, 2.45) is 5.73 Å². The number of halogens is 1. The van der Waals surface area contributed by atoms with Gasteiger partial charge in [-0.25, -0.2) is 0 Å². The molecule has 1 aliphatic heterocycles. The summed E-state index contributed by atoms with van der Waals surface area (Å²) in [5.41, 5.74) is 5.52. The summed E-state index contributed by atoms with van der Waals surface area (Å²) in [6, 6.07) is 3.71. The van der Waals surface area contributed by atoms with E-state index in [1.165, 1.54) is 11.3 Å². The van der Waals surface area contributed by atoms with E-state index in [-0.39, 0.29) is 24.2 Å². The maximum absolute atomic E-state index is 12.0. The summed E-state index contributed by atoms with van der Waals surface area (Å²) < 4.78 is 6.28. The zero-order valence-electron chi connectivity index (χ0n) is 10.2. The first-order chi connectivity index (χ1) is 8.60. The number of carbonyl (C=O) groups is 1. The number of rotatable bonds is 4. The molecular formula is C12H17ClN2O2S. The van der Waals surface area contributed by atoms with E-state index in [1.54, 1.807) is 0 Å². The highest BCUT2D eigenvalue weighted by Crippen LogP contribution is 2.27. The molecule has 3 atom stereocenters. The minimum atomic E-state index is -0.364. The van der Waals surface area contributed by atoms with Gasteiger partial charge in [0.25, 0.3) is 0 Å². The van der Waals surface area contributed by atoms with Crippen LogP contribution in [0.4, 0.5) is 0 Å². The SMILES string of the molecule is CC(NC(=O)[C@@H]1CC[C@H](CN)O1)c1ccc(Cl)s1. The summed E-state index contributed by atoms with van der Waals surface area (Å²) in [7, 11) is 0. The zero-order chi connectivity index (χ0) is 13.1. The van der Waals surface area contributed by atoms with Crippen molar-refractivity contribution in [2.45, 2.75) is 38.0 Å². The Bertz CT molecular complexity index is 424. The van der Waals surface area contributed by atoms with Gasteiger partial charge in [-0.1, -0.05) is 11.6 Å². The van der Waals surface area contributed by atoms with Crippen LogP contribution in [0.3, 0.4) is 0 Å². The van der Waals surface area contributed by atoms with Crippen LogP contribution in [-0.4, -0.2) is 24.7 Å². The molecule has 0 aromatic carbocycles. The van der Waals surface area contributed by atoms with E-state index < -0.39 is 0 Å². The van der Waals surface area contributed by atoms with Crippen LogP contribution >= 0.6 is 22.9 Å². The number of nitrogens with two attached hydrogens (primary N) is 1. The van der Waals surface area contributed by atoms with Gasteiger partial charge in [0.2, 0.25) is 5.91 Å². The van der Waals surface area contributed by atoms with Gasteiger partial charge >= 0.3 is 0 Å². The fourth-order valence-corrected chi connectivity index (χ4v) is 3.07. The molecule has 0 aliphatic carbocycles. The molecule has 18 heavy (non-hydrogen) atoms. The van der Waals surface area contributed by atoms with Gasteiger partial charge in [0.15, 0.2) is 0 Å². The number of nitrogens with one attached hydrogen (secondary N) is 1. The monoisotopic (exact) mass is 288 g/mol. The molecule has 0 bridgehead atoms. The number of carbonyl (C=O) groups excluding carboxylic acids is 1. The lowest BCUT2D eigenvalue weighted by Gasteiger charge is -2.16. The van der Waals surface area contributed by atoms with E-state index in [0.717, 1.165) is 22.1 Å². The fraction of sp³-hybridized carbons (Fsp3) is 0.583. The van der Waals surface area contributed by atoms with Crippen molar-refractivity contribution in [3.05, 3.63) is 21.3 Å². The molecule has 1 unspecified atom stereocenters. The average molecular weight is 289 g/mol. The Morgan fingerprint density at radius 3 is 3.00 bits per heavy atom. The standard InChI is InChI=1S/C12H17ClN2O2S/c1-7(10-4-5-11(13)18-10)15-12(16)9-3-2-8(6-14)17-9/h4-5,7-9H,2-3,6,14H2,1H3,(H,15,16)/t7?,8-,9+/m1/s1. The van der Waals surface area contributed by atoms with Crippen LogP contribution in [0, 0.1) is 0 Å². The third-order valence-corrected chi connectivity index (χ3v) is 4.46. The molecule has 1 amide bonds. The molecular weight excluding hydrogens is 272 g/mol. The minimum absolute atomic E-state index is 0.0206. The smallest absolute Gasteiger partial charge is 0.249 e. The molecule has 2 rings (SSSR count). The van der Waals surface area contributed by atoms with Crippen LogP contribution in [0.2, 0.25) is 4.34 Å². The van der Waals surface area contributed by atoms with E-state index in [4.69, 9.17) is 22.1 Å². The van der Waals surface area contributed by atoms with E-state index in [1.807, 2.05) is 19.1 Å². The second-order valence-electron chi connectivity index (χ2n) is 4.43. The number of thiophene rings is 1. The van der Waals surface area contributed by atoms with Crippen LogP contribution in [0.15, 0.2) is 12.1 Å². The third kappa shape index (κ3) is 3.23. The minimum Gasteiger partial charge on any atom is -0.364 e. The van der Waals surface area contributed by atoms with Crippen molar-refractivity contribution in [3.8, 4) is 0 Å². The average Bonchev–Trinajstić information content (AvgIpc) is 2.97. The molecule has 4 nitrogen and oxygen atoms in total. The molecule has 100 valence electrons. The topological polar surface area (TPSA) is 64.4 Å². The van der Waals surface area contributed by atoms with Crippen molar-refractivity contribution >= 4 is 28.8 Å². The molecule has 1 aliphatic rings. The van der Waals surface area contributed by atoms with Crippen LogP contribution in [0.1, 0.15) is 30.7 Å². The lowest BCUT2D eigenvalue weighted by molar-refractivity contribution is -0.132. The van der Waals surface area contributed by atoms with Gasteiger partial charge in [-0.2, -0.15) is 0 Å². The van der Waals surface area contributed by atoms with Gasteiger partial charge < -0.3 is 15.8 Å². The summed E-state index contributed by atoms with van der Waals surface area (Å²) in [4.78, 5) is 13.0. The van der Waals surface area contributed by atoms with Gasteiger partial charge in [-0.15, -0.1) is 11.3 Å². The highest BCUT2D eigenvalue weighted by Gasteiger charge is 2.30. The van der Waals surface area contributed by atoms with E-state index in [2.05, 4.69) is 5.32 Å². The maximum Gasteiger partial charge on any atom is 0.249 e. The van der Waals surface area contributed by atoms with Crippen LogP contribution in [-0.2, 0) is 9.53 Å². The highest BCUT2D eigenvalue weighted by atomic mass is 35.5. The van der Waals surface area contributed by atoms with Gasteiger partial charge in [-0.05, 0) is 31.9 Å². The third-order valence-electron chi connectivity index (χ3n) is 3.04. The molecule has 2 heterocycles. The lowest BCUT2D eigenvalue weighted by atomic mass is 10.2. The Hall–Kier alpha value is -0.620. The maximum atomic E-state index is 12.0. The normalized spacial score (nSPS) is 25.1. The number of hydrogen-bond acceptors (Lipinski definition) is 4. The molecule has 0 radical (unpaired) electrons. The Morgan fingerprint density at radius 2 is 2.44 bits per heavy atom. The molecule has 1 saturated heterocycles. The van der Waals surface area contributed by atoms with Crippen molar-refractivity contribution in [1.82, 2.24) is 5.32 Å². The van der Waals surface area contributed by atoms with Gasteiger partial charge in [0, 0.05) is 11.4 Å². The molecule has 1 aromatic rings. The first kappa shape index (κ1) is 13.8. The first-order valence-electron chi connectivity index (χ1n) is 6.01. The predicted molar refractivity (Wildman–Crippen MR) is 72.8 cm³/mol. The van der Waals surface area contributed by atoms with Crippen molar-refractivity contribution in [1.29, 1.82) is 0 Å². The second kappa shape index (κ2) is 6.02. The van der Waals surface area contributed by atoms with Gasteiger partial charge in [0.05, 0.1) is 16.5 Å². The van der Waals surface area contributed by atoms with Crippen molar-refractivity contribution < 1.29 is 9.53 Å². The molecule has 0 saturated carbocycles. The predicted octanol–water partition coefficient (Wildman–Crippen LogP) is 2.08. The van der Waals surface area contributed by atoms with E-state index in [9.17, 15) is 4.79 Å². The van der Waals surface area contributed by atoms with Crippen LogP contribution in [0.5, 0.6) is 0 Å². The molecule has 6 heteroatoms. The number of ether oxygens (including phenoxy) is 1. The summed E-state index contributed by atoms with van der Waals surface area (Å²) in [5, 5.41) is 2.94. The second-order valence-corrected chi connectivity index (χ2v) is 6.18. The molecule has 3 N–H and O–H groups in total. The van der Waals surface area contributed by atoms with Crippen molar-refractivity contribution in [3.63, 3.8) is 0 Å². The highest BCUT2D eigenvalue weighted by molar-refractivity contribution is 7.16. The number of hydrogen-bond donors (Lipinski definition) is 2. The van der Waals surface area contributed by atoms with Crippen molar-refractivity contribution in [2.75, 3.05) is 6.54 Å². The lowest BCUT2D eigenvalue weighted by Crippen LogP contribution is -2.36. The largest absolute Gasteiger partial charge is 0.364 e. The zero-order valence-corrected chi connectivity index (χ0v) is 11.8. The summed E-state index contributed by atoms with van der Waals surface area (Å²) in [6.07, 6.45) is 1.25. The quantitative estimate of drug-likeness (QED) is 0.892. The summed E-state index contributed by atoms with van der Waals surface area (Å²) >= 11 is 7.35. The first-order valence-corrected chi connectivity index (χ1v) is 7.20. The molecule has 0 spiro atoms. The Balaban J connectivity index is 1.88. The van der Waals surface area contributed by atoms with Crippen LogP contribution in [0.25, 0.3) is 0 Å². The Morgan fingerprint density at radius 1 is 1.67 bits per heavy atom. The van der Waals surface area contributed by atoms with Gasteiger partial charge in [0.1, 0.15) is 6.10 Å². The Labute approximate surface area is 115 Å². The van der Waals surface area contributed by atoms with E-state index in [0.29, 0.717) is 6.54 Å². The number of amides is 1. The molecule has 1 fully saturated rings. The van der Waals surface area contributed by atoms with Gasteiger partial charge in [-0.3, -0.25) is 4.79 Å². The molecule has 1 aromatic heterocycles. The van der Waals surface area contributed by atoms with E-state index >= 15 is 0 Å². The summed E-state index contributed by atoms with van der Waals surface area (Å²) in [6.45, 7) is 2.41. The fourth-order valence-electron chi connectivity index (χ4n) is 2.01. The van der Waals surface area contributed by atoms with Crippen LogP contribution < -0.4 is 11.1 Å².